The Morgan fingerprint density at radius 3 is 2.62 bits per heavy atom. The van der Waals surface area contributed by atoms with Crippen molar-refractivity contribution in [1.82, 2.24) is 15.3 Å². The Kier molecular flexibility index (Phi) is 4.70. The van der Waals surface area contributed by atoms with Gasteiger partial charge in [-0.1, -0.05) is 42.5 Å². The Labute approximate surface area is 139 Å². The highest BCUT2D eigenvalue weighted by Crippen LogP contribution is 2.07. The van der Waals surface area contributed by atoms with E-state index in [9.17, 15) is 9.59 Å². The first-order valence-corrected chi connectivity index (χ1v) is 7.97. The number of fused-ring (bicyclic) bond motifs is 1. The van der Waals surface area contributed by atoms with Gasteiger partial charge in [-0.3, -0.25) is 9.59 Å². The van der Waals surface area contributed by atoms with Crippen LogP contribution in [0.15, 0.2) is 59.4 Å². The molecule has 1 heterocycles. The Balaban J connectivity index is 1.67. The molecule has 5 heteroatoms. The number of nitrogens with one attached hydrogen (secondary N) is 2. The fourth-order valence-electron chi connectivity index (χ4n) is 2.59. The minimum absolute atomic E-state index is 0.0190. The number of hydrogen-bond acceptors (Lipinski definition) is 3. The fraction of sp³-hybridized carbons (Fsp3) is 0.211. The maximum atomic E-state index is 12.3. The highest BCUT2D eigenvalue weighted by Gasteiger charge is 2.13. The second-order valence-electron chi connectivity index (χ2n) is 5.83. The van der Waals surface area contributed by atoms with Crippen LogP contribution in [0, 0.1) is 0 Å². The molecular weight excluding hydrogens is 302 g/mol. The molecule has 0 unspecified atom stereocenters. The number of aryl methyl sites for hydroxylation is 1. The van der Waals surface area contributed by atoms with Gasteiger partial charge in [0.25, 0.3) is 11.5 Å². The third-order valence-electron chi connectivity index (χ3n) is 3.91. The molecule has 0 saturated carbocycles. The molecule has 0 aliphatic heterocycles. The van der Waals surface area contributed by atoms with Crippen molar-refractivity contribution in [2.45, 2.75) is 25.8 Å². The molecule has 0 aliphatic rings. The van der Waals surface area contributed by atoms with Crippen LogP contribution < -0.4 is 10.9 Å². The van der Waals surface area contributed by atoms with E-state index >= 15 is 0 Å². The number of carbonyl (C=O) groups excluding carboxylic acids is 1. The molecule has 122 valence electrons. The minimum atomic E-state index is -0.363. The summed E-state index contributed by atoms with van der Waals surface area (Å²) in [6.45, 7) is 1.94. The number of H-pyrrole nitrogens is 1. The zero-order valence-corrected chi connectivity index (χ0v) is 13.5. The number of hydrogen-bond donors (Lipinski definition) is 2. The van der Waals surface area contributed by atoms with E-state index in [1.165, 1.54) is 5.56 Å². The summed E-state index contributed by atoms with van der Waals surface area (Å²) >= 11 is 0. The van der Waals surface area contributed by atoms with Crippen molar-refractivity contribution in [2.75, 3.05) is 0 Å². The first-order chi connectivity index (χ1) is 11.6. The van der Waals surface area contributed by atoms with Gasteiger partial charge in [-0.15, -0.1) is 0 Å². The van der Waals surface area contributed by atoms with E-state index in [1.807, 2.05) is 25.1 Å². The molecule has 0 radical (unpaired) electrons. The van der Waals surface area contributed by atoms with Crippen LogP contribution >= 0.6 is 0 Å². The van der Waals surface area contributed by atoms with Crippen molar-refractivity contribution in [2.24, 2.45) is 0 Å². The van der Waals surface area contributed by atoms with Gasteiger partial charge in [-0.05, 0) is 37.5 Å². The molecule has 3 rings (SSSR count). The van der Waals surface area contributed by atoms with Crippen LogP contribution in [-0.2, 0) is 6.42 Å². The average molecular weight is 321 g/mol. The summed E-state index contributed by atoms with van der Waals surface area (Å²) in [5.74, 6) is -0.316. The number of aromatic amines is 1. The van der Waals surface area contributed by atoms with E-state index in [0.717, 1.165) is 12.8 Å². The third kappa shape index (κ3) is 3.68. The molecular formula is C19H19N3O2. The number of amides is 1. The van der Waals surface area contributed by atoms with E-state index in [4.69, 9.17) is 0 Å². The van der Waals surface area contributed by atoms with Gasteiger partial charge in [0, 0.05) is 6.04 Å². The lowest BCUT2D eigenvalue weighted by atomic mass is 10.1. The number of carbonyl (C=O) groups is 1. The molecule has 1 atom stereocenters. The van der Waals surface area contributed by atoms with E-state index in [2.05, 4.69) is 27.4 Å². The molecule has 0 spiro atoms. The summed E-state index contributed by atoms with van der Waals surface area (Å²) in [5, 5.41) is 3.36. The molecule has 2 N–H and O–H groups in total. The lowest BCUT2D eigenvalue weighted by Crippen LogP contribution is -2.35. The van der Waals surface area contributed by atoms with Crippen molar-refractivity contribution < 1.29 is 4.79 Å². The zero-order valence-electron chi connectivity index (χ0n) is 13.5. The van der Waals surface area contributed by atoms with Gasteiger partial charge in [0.1, 0.15) is 0 Å². The summed E-state index contributed by atoms with van der Waals surface area (Å²) in [4.78, 5) is 31.1. The lowest BCUT2D eigenvalue weighted by molar-refractivity contribution is 0.0928. The maximum absolute atomic E-state index is 12.3. The SMILES string of the molecule is C[C@H](CCc1ccccc1)NC(=O)c1nc2ccccc2c(=O)[nH]1. The van der Waals surface area contributed by atoms with Crippen LogP contribution in [0.2, 0.25) is 0 Å². The van der Waals surface area contributed by atoms with E-state index in [-0.39, 0.29) is 23.3 Å². The van der Waals surface area contributed by atoms with E-state index in [1.54, 1.807) is 24.3 Å². The molecule has 5 nitrogen and oxygen atoms in total. The van der Waals surface area contributed by atoms with Gasteiger partial charge in [0.15, 0.2) is 5.82 Å². The normalized spacial score (nSPS) is 12.0. The molecule has 0 fully saturated rings. The van der Waals surface area contributed by atoms with Crippen molar-refractivity contribution in [3.05, 3.63) is 76.3 Å². The van der Waals surface area contributed by atoms with E-state index in [0.29, 0.717) is 10.9 Å². The molecule has 1 aromatic heterocycles. The van der Waals surface area contributed by atoms with Crippen LogP contribution in [0.1, 0.15) is 29.5 Å². The standard InChI is InChI=1S/C19H19N3O2/c1-13(11-12-14-7-3-2-4-8-14)20-19(24)17-21-16-10-6-5-9-15(16)18(23)22-17/h2-10,13H,11-12H2,1H3,(H,20,24)(H,21,22,23)/t13-/m1/s1. The van der Waals surface area contributed by atoms with E-state index < -0.39 is 0 Å². The zero-order chi connectivity index (χ0) is 16.9. The fourth-order valence-corrected chi connectivity index (χ4v) is 2.59. The van der Waals surface area contributed by atoms with Crippen molar-refractivity contribution in [3.63, 3.8) is 0 Å². The number of rotatable bonds is 5. The summed E-state index contributed by atoms with van der Waals surface area (Å²) in [6, 6.07) is 17.1. The molecule has 2 aromatic carbocycles. The minimum Gasteiger partial charge on any atom is -0.347 e. The van der Waals surface area contributed by atoms with Gasteiger partial charge in [-0.2, -0.15) is 0 Å². The van der Waals surface area contributed by atoms with Crippen molar-refractivity contribution in [3.8, 4) is 0 Å². The Morgan fingerprint density at radius 1 is 1.12 bits per heavy atom. The number of aromatic nitrogens is 2. The maximum Gasteiger partial charge on any atom is 0.287 e. The molecule has 24 heavy (non-hydrogen) atoms. The molecule has 0 bridgehead atoms. The number of benzene rings is 2. The summed E-state index contributed by atoms with van der Waals surface area (Å²) in [6.07, 6.45) is 1.69. The average Bonchev–Trinajstić information content (AvgIpc) is 2.61. The highest BCUT2D eigenvalue weighted by atomic mass is 16.2. The summed E-state index contributed by atoms with van der Waals surface area (Å²) in [5.41, 5.74) is 1.45. The second-order valence-corrected chi connectivity index (χ2v) is 5.83. The smallest absolute Gasteiger partial charge is 0.287 e. The second kappa shape index (κ2) is 7.08. The quantitative estimate of drug-likeness (QED) is 0.758. The number of para-hydroxylation sites is 1. The molecule has 0 aliphatic carbocycles. The summed E-state index contributed by atoms with van der Waals surface area (Å²) in [7, 11) is 0. The van der Waals surface area contributed by atoms with Crippen LogP contribution in [0.25, 0.3) is 10.9 Å². The molecule has 0 saturated heterocycles. The Morgan fingerprint density at radius 2 is 1.83 bits per heavy atom. The highest BCUT2D eigenvalue weighted by molar-refractivity contribution is 5.92. The Bertz CT molecular complexity index is 903. The predicted octanol–water partition coefficient (Wildman–Crippen LogP) is 2.67. The van der Waals surface area contributed by atoms with Crippen LogP contribution in [0.4, 0.5) is 0 Å². The van der Waals surface area contributed by atoms with Crippen LogP contribution in [-0.4, -0.2) is 21.9 Å². The van der Waals surface area contributed by atoms with Gasteiger partial charge < -0.3 is 10.3 Å². The van der Waals surface area contributed by atoms with Gasteiger partial charge in [0.2, 0.25) is 0 Å². The van der Waals surface area contributed by atoms with Gasteiger partial charge in [0.05, 0.1) is 10.9 Å². The molecule has 3 aromatic rings. The van der Waals surface area contributed by atoms with Crippen LogP contribution in [0.3, 0.4) is 0 Å². The number of nitrogens with zero attached hydrogens (tertiary/aromatic N) is 1. The Hall–Kier alpha value is -2.95. The molecule has 1 amide bonds. The van der Waals surface area contributed by atoms with Crippen molar-refractivity contribution in [1.29, 1.82) is 0 Å². The van der Waals surface area contributed by atoms with Crippen molar-refractivity contribution >= 4 is 16.8 Å². The monoisotopic (exact) mass is 321 g/mol. The first kappa shape index (κ1) is 15.9. The van der Waals surface area contributed by atoms with Gasteiger partial charge in [-0.25, -0.2) is 4.98 Å². The first-order valence-electron chi connectivity index (χ1n) is 7.97. The summed E-state index contributed by atoms with van der Waals surface area (Å²) < 4.78 is 0. The topological polar surface area (TPSA) is 74.8 Å². The largest absolute Gasteiger partial charge is 0.347 e. The lowest BCUT2D eigenvalue weighted by Gasteiger charge is -2.13. The van der Waals surface area contributed by atoms with Gasteiger partial charge >= 0.3 is 0 Å². The third-order valence-corrected chi connectivity index (χ3v) is 3.91. The predicted molar refractivity (Wildman–Crippen MR) is 94.1 cm³/mol. The van der Waals surface area contributed by atoms with Crippen LogP contribution in [0.5, 0.6) is 0 Å².